The first-order chi connectivity index (χ1) is 14.9. The largest absolute Gasteiger partial charge is 0.490 e. The van der Waals surface area contributed by atoms with Crippen molar-refractivity contribution < 1.29 is 14.3 Å². The van der Waals surface area contributed by atoms with Crippen molar-refractivity contribution in [2.24, 2.45) is 4.99 Å². The number of carbonyl (C=O) groups excluding carboxylic acids is 1. The van der Waals surface area contributed by atoms with E-state index in [0.717, 1.165) is 27.0 Å². The van der Waals surface area contributed by atoms with Crippen LogP contribution in [0.3, 0.4) is 0 Å². The average molecular weight is 498 g/mol. The molecule has 6 nitrogen and oxygen atoms in total. The number of nitrogens with zero attached hydrogens (tertiary/aromatic N) is 2. The molecule has 31 heavy (non-hydrogen) atoms. The van der Waals surface area contributed by atoms with E-state index < -0.39 is 5.91 Å². The van der Waals surface area contributed by atoms with E-state index in [-0.39, 0.29) is 11.4 Å². The van der Waals surface area contributed by atoms with Crippen LogP contribution in [0.2, 0.25) is 0 Å². The molecule has 2 heterocycles. The fraction of sp³-hybridized carbons (Fsp3) is 0.174. The van der Waals surface area contributed by atoms with Gasteiger partial charge in [-0.3, -0.25) is 15.1 Å². The van der Waals surface area contributed by atoms with Gasteiger partial charge in [-0.2, -0.15) is 4.99 Å². The van der Waals surface area contributed by atoms with Crippen LogP contribution in [0.15, 0.2) is 68.6 Å². The van der Waals surface area contributed by atoms with E-state index in [1.54, 1.807) is 11.0 Å². The first-order valence-corrected chi connectivity index (χ1v) is 11.3. The van der Waals surface area contributed by atoms with Gasteiger partial charge in [0.15, 0.2) is 5.17 Å². The number of aliphatic imine (C=N–C) groups is 1. The average Bonchev–Trinajstić information content (AvgIpc) is 3.10. The monoisotopic (exact) mass is 497 g/mol. The maximum Gasteiger partial charge on any atom is 0.283 e. The van der Waals surface area contributed by atoms with E-state index in [1.165, 1.54) is 11.8 Å². The summed E-state index contributed by atoms with van der Waals surface area (Å²) in [5.41, 5.74) is 3.05. The molecule has 0 atom stereocenters. The summed E-state index contributed by atoms with van der Waals surface area (Å²) in [7, 11) is 0. The Bertz CT molecular complexity index is 1160. The lowest BCUT2D eigenvalue weighted by atomic mass is 10.1. The minimum atomic E-state index is -0.406. The molecule has 0 aromatic heterocycles. The Kier molecular flexibility index (Phi) is 6.29. The van der Waals surface area contributed by atoms with E-state index in [1.807, 2.05) is 61.7 Å². The van der Waals surface area contributed by atoms with Crippen LogP contribution in [-0.4, -0.2) is 35.0 Å². The SMILES string of the molecule is CC1=CSC2=NC(=O)/C(=C\c3ccc(OCCOc4cccc(C)c4)c(Br)c3)C(=N)N12. The van der Waals surface area contributed by atoms with E-state index in [0.29, 0.717) is 24.1 Å². The Morgan fingerprint density at radius 2 is 1.97 bits per heavy atom. The second-order valence-electron chi connectivity index (χ2n) is 7.02. The van der Waals surface area contributed by atoms with Gasteiger partial charge in [-0.05, 0) is 76.7 Å². The number of aryl methyl sites for hydroxylation is 1. The zero-order chi connectivity index (χ0) is 22.0. The fourth-order valence-corrected chi connectivity index (χ4v) is 4.52. The minimum Gasteiger partial charge on any atom is -0.490 e. The summed E-state index contributed by atoms with van der Waals surface area (Å²) in [6.07, 6.45) is 1.68. The first kappa shape index (κ1) is 21.4. The Morgan fingerprint density at radius 3 is 2.74 bits per heavy atom. The van der Waals surface area contributed by atoms with Crippen molar-refractivity contribution in [2.75, 3.05) is 13.2 Å². The van der Waals surface area contributed by atoms with Crippen LogP contribution < -0.4 is 9.47 Å². The molecule has 0 unspecified atom stereocenters. The van der Waals surface area contributed by atoms with Crippen molar-refractivity contribution in [2.45, 2.75) is 13.8 Å². The summed E-state index contributed by atoms with van der Waals surface area (Å²) >= 11 is 4.87. The topological polar surface area (TPSA) is 75.0 Å². The van der Waals surface area contributed by atoms with Crippen LogP contribution in [0.1, 0.15) is 18.1 Å². The highest BCUT2D eigenvalue weighted by atomic mass is 79.9. The quantitative estimate of drug-likeness (QED) is 0.428. The molecule has 2 aliphatic heterocycles. The standard InChI is InChI=1S/C23H20BrN3O3S/c1-14-4-3-5-17(10-14)29-8-9-30-20-7-6-16(12-19(20)24)11-18-21(25)27-15(2)13-31-23(27)26-22(18)28/h3-7,10-13,25H,8-9H2,1-2H3/b18-11-,25-21?. The molecule has 8 heteroatoms. The van der Waals surface area contributed by atoms with Gasteiger partial charge in [0.25, 0.3) is 5.91 Å². The number of halogens is 1. The number of amidine groups is 2. The summed E-state index contributed by atoms with van der Waals surface area (Å²) < 4.78 is 12.3. The van der Waals surface area contributed by atoms with E-state index in [9.17, 15) is 4.79 Å². The molecule has 2 aromatic carbocycles. The second kappa shape index (κ2) is 9.11. The molecule has 2 aromatic rings. The van der Waals surface area contributed by atoms with Crippen LogP contribution in [0.5, 0.6) is 11.5 Å². The fourth-order valence-electron chi connectivity index (χ4n) is 3.15. The highest BCUT2D eigenvalue weighted by molar-refractivity contribution is 9.10. The molecule has 0 fully saturated rings. The number of thioether (sulfide) groups is 1. The van der Waals surface area contributed by atoms with Gasteiger partial charge in [0.05, 0.1) is 10.0 Å². The highest BCUT2D eigenvalue weighted by Crippen LogP contribution is 2.33. The number of benzene rings is 2. The Hall–Kier alpha value is -2.84. The van der Waals surface area contributed by atoms with Gasteiger partial charge in [0, 0.05) is 5.70 Å². The molecule has 0 radical (unpaired) electrons. The maximum absolute atomic E-state index is 12.4. The molecule has 0 saturated carbocycles. The van der Waals surface area contributed by atoms with Gasteiger partial charge in [-0.25, -0.2) is 0 Å². The predicted octanol–water partition coefficient (Wildman–Crippen LogP) is 5.38. The second-order valence-corrected chi connectivity index (χ2v) is 8.71. The first-order valence-electron chi connectivity index (χ1n) is 9.61. The number of hydrogen-bond donors (Lipinski definition) is 1. The van der Waals surface area contributed by atoms with Crippen LogP contribution >= 0.6 is 27.7 Å². The molecule has 2 aliphatic rings. The predicted molar refractivity (Wildman–Crippen MR) is 128 cm³/mol. The third-order valence-electron chi connectivity index (χ3n) is 4.65. The highest BCUT2D eigenvalue weighted by Gasteiger charge is 2.33. The van der Waals surface area contributed by atoms with Crippen molar-refractivity contribution in [3.8, 4) is 11.5 Å². The summed E-state index contributed by atoms with van der Waals surface area (Å²) in [6, 6.07) is 13.4. The van der Waals surface area contributed by atoms with Crippen molar-refractivity contribution in [3.05, 3.63) is 74.7 Å². The van der Waals surface area contributed by atoms with Crippen LogP contribution in [0, 0.1) is 12.3 Å². The summed E-state index contributed by atoms with van der Waals surface area (Å²) in [4.78, 5) is 18.2. The van der Waals surface area contributed by atoms with Gasteiger partial charge in [0.1, 0.15) is 30.5 Å². The third-order valence-corrected chi connectivity index (χ3v) is 6.21. The molecular weight excluding hydrogens is 478 g/mol. The van der Waals surface area contributed by atoms with Crippen LogP contribution in [-0.2, 0) is 4.79 Å². The molecule has 0 saturated heterocycles. The van der Waals surface area contributed by atoms with Crippen LogP contribution in [0.4, 0.5) is 0 Å². The lowest BCUT2D eigenvalue weighted by Gasteiger charge is -2.25. The van der Waals surface area contributed by atoms with Crippen LogP contribution in [0.25, 0.3) is 6.08 Å². The molecular formula is C23H20BrN3O3S. The molecule has 4 rings (SSSR count). The van der Waals surface area contributed by atoms with Gasteiger partial charge >= 0.3 is 0 Å². The normalized spacial score (nSPS) is 16.9. The smallest absolute Gasteiger partial charge is 0.283 e. The van der Waals surface area contributed by atoms with Crippen molar-refractivity contribution in [3.63, 3.8) is 0 Å². The number of carbonyl (C=O) groups is 1. The van der Waals surface area contributed by atoms with Gasteiger partial charge in [-0.1, -0.05) is 30.0 Å². The van der Waals surface area contributed by atoms with E-state index in [2.05, 4.69) is 20.9 Å². The van der Waals surface area contributed by atoms with Crippen molar-refractivity contribution >= 4 is 50.7 Å². The Morgan fingerprint density at radius 1 is 1.16 bits per heavy atom. The molecule has 1 N–H and O–H groups in total. The van der Waals surface area contributed by atoms with Gasteiger partial charge in [-0.15, -0.1) is 0 Å². The number of ether oxygens (including phenoxy) is 2. The Labute approximate surface area is 193 Å². The molecule has 158 valence electrons. The number of nitrogens with one attached hydrogen (secondary N) is 1. The Balaban J connectivity index is 1.41. The number of allylic oxidation sites excluding steroid dienone is 1. The third kappa shape index (κ3) is 4.75. The van der Waals surface area contributed by atoms with Crippen molar-refractivity contribution in [1.82, 2.24) is 4.90 Å². The summed E-state index contributed by atoms with van der Waals surface area (Å²) in [5.74, 6) is 1.22. The lowest BCUT2D eigenvalue weighted by molar-refractivity contribution is -0.114. The molecule has 0 bridgehead atoms. The van der Waals surface area contributed by atoms with Crippen molar-refractivity contribution in [1.29, 1.82) is 5.41 Å². The lowest BCUT2D eigenvalue weighted by Crippen LogP contribution is -2.37. The molecule has 0 spiro atoms. The zero-order valence-corrected chi connectivity index (χ0v) is 19.4. The molecule has 0 aliphatic carbocycles. The number of amides is 1. The van der Waals surface area contributed by atoms with E-state index in [4.69, 9.17) is 14.9 Å². The molecule has 1 amide bonds. The zero-order valence-electron chi connectivity index (χ0n) is 17.0. The summed E-state index contributed by atoms with van der Waals surface area (Å²) in [5, 5.41) is 10.8. The van der Waals surface area contributed by atoms with Gasteiger partial charge < -0.3 is 9.47 Å². The number of rotatable bonds is 6. The number of hydrogen-bond acceptors (Lipinski definition) is 5. The number of fused-ring (bicyclic) bond motifs is 1. The van der Waals surface area contributed by atoms with Gasteiger partial charge in [0.2, 0.25) is 0 Å². The minimum absolute atomic E-state index is 0.137. The maximum atomic E-state index is 12.4. The summed E-state index contributed by atoms with van der Waals surface area (Å²) in [6.45, 7) is 4.73. The van der Waals surface area contributed by atoms with E-state index >= 15 is 0 Å².